The first-order chi connectivity index (χ1) is 16.2. The van der Waals surface area contributed by atoms with E-state index in [1.165, 1.54) is 19.1 Å². The maximum atomic E-state index is 14.0. The topological polar surface area (TPSA) is 76.2 Å². The van der Waals surface area contributed by atoms with Crippen LogP contribution < -0.4 is 14.4 Å². The van der Waals surface area contributed by atoms with Crippen LogP contribution in [0, 0.1) is 17.3 Å². The van der Waals surface area contributed by atoms with Crippen LogP contribution in [0.25, 0.3) is 6.08 Å². The zero-order valence-corrected chi connectivity index (χ0v) is 19.9. The molecule has 2 fully saturated rings. The number of ether oxygens (including phenoxy) is 2. The number of carbonyl (C=O) groups excluding carboxylic acids is 3. The van der Waals surface area contributed by atoms with Gasteiger partial charge in [0.25, 0.3) is 0 Å². The lowest BCUT2D eigenvalue weighted by Crippen LogP contribution is -2.47. The van der Waals surface area contributed by atoms with Crippen LogP contribution in [0.3, 0.4) is 0 Å². The Kier molecular flexibility index (Phi) is 5.04. The van der Waals surface area contributed by atoms with Crippen LogP contribution in [0.15, 0.2) is 48.7 Å². The lowest BCUT2D eigenvalue weighted by molar-refractivity contribution is -0.135. The van der Waals surface area contributed by atoms with E-state index in [2.05, 4.69) is 0 Å². The minimum absolute atomic E-state index is 0.0567. The monoisotopic (exact) mass is 460 g/mol. The van der Waals surface area contributed by atoms with Crippen molar-refractivity contribution in [2.24, 2.45) is 17.3 Å². The number of amides is 2. The number of anilines is 1. The van der Waals surface area contributed by atoms with Crippen molar-refractivity contribution in [1.82, 2.24) is 4.90 Å². The van der Waals surface area contributed by atoms with E-state index in [0.29, 0.717) is 17.2 Å². The lowest BCUT2D eigenvalue weighted by atomic mass is 9.79. The molecule has 0 N–H and O–H groups in total. The number of ketones is 1. The van der Waals surface area contributed by atoms with E-state index in [-0.39, 0.29) is 17.6 Å². The highest BCUT2D eigenvalue weighted by Crippen LogP contribution is 2.55. The highest BCUT2D eigenvalue weighted by molar-refractivity contribution is 6.24. The van der Waals surface area contributed by atoms with Gasteiger partial charge in [-0.15, -0.1) is 0 Å². The summed E-state index contributed by atoms with van der Waals surface area (Å²) in [6.07, 6.45) is 3.83. The zero-order chi connectivity index (χ0) is 24.4. The van der Waals surface area contributed by atoms with Gasteiger partial charge in [-0.3, -0.25) is 14.4 Å². The molecule has 0 aromatic heterocycles. The van der Waals surface area contributed by atoms with E-state index in [0.717, 1.165) is 11.1 Å². The number of imide groups is 1. The molecule has 2 aromatic carbocycles. The van der Waals surface area contributed by atoms with Crippen molar-refractivity contribution < 1.29 is 23.9 Å². The standard InChI is InChI=1S/C27H28N2O5/c1-27(2,3)24(30)23-21-20(22-17-9-7-6-8-15(17)12-13-28(22)23)25(31)29(26(21)32)18-11-10-16(33-4)14-19(18)34-5/h6-14,20-23H,1-5H3/t20-,21+,22-,23-/m0/s1. The van der Waals surface area contributed by atoms with E-state index in [9.17, 15) is 14.4 Å². The third-order valence-electron chi connectivity index (χ3n) is 7.10. The summed E-state index contributed by atoms with van der Waals surface area (Å²) in [5, 5.41) is 0. The molecule has 176 valence electrons. The van der Waals surface area contributed by atoms with Crippen molar-refractivity contribution >= 4 is 29.4 Å². The first kappa shape index (κ1) is 22.2. The number of Topliss-reactive ketones (excluding diaryl/α,β-unsaturated/α-hetero) is 1. The van der Waals surface area contributed by atoms with E-state index < -0.39 is 29.3 Å². The number of fused-ring (bicyclic) bond motifs is 5. The Hall–Kier alpha value is -3.61. The Morgan fingerprint density at radius 1 is 0.941 bits per heavy atom. The van der Waals surface area contributed by atoms with E-state index in [1.807, 2.05) is 62.2 Å². The Labute approximate surface area is 198 Å². The molecular formula is C27H28N2O5. The smallest absolute Gasteiger partial charge is 0.240 e. The molecule has 0 spiro atoms. The van der Waals surface area contributed by atoms with Crippen molar-refractivity contribution in [2.75, 3.05) is 19.1 Å². The lowest BCUT2D eigenvalue weighted by Gasteiger charge is -2.37. The number of hydrogen-bond donors (Lipinski definition) is 0. The summed E-state index contributed by atoms with van der Waals surface area (Å²) in [4.78, 5) is 44.7. The van der Waals surface area contributed by atoms with Gasteiger partial charge in [0, 0.05) is 17.7 Å². The summed E-state index contributed by atoms with van der Waals surface area (Å²) in [6.45, 7) is 5.56. The van der Waals surface area contributed by atoms with Crippen LogP contribution in [0.5, 0.6) is 11.5 Å². The Morgan fingerprint density at radius 3 is 2.32 bits per heavy atom. The first-order valence-corrected chi connectivity index (χ1v) is 11.4. The van der Waals surface area contributed by atoms with Gasteiger partial charge in [-0.05, 0) is 29.3 Å². The summed E-state index contributed by atoms with van der Waals surface area (Å²) in [6, 6.07) is 11.7. The molecule has 0 unspecified atom stereocenters. The molecular weight excluding hydrogens is 432 g/mol. The molecule has 2 amide bonds. The average Bonchev–Trinajstić information content (AvgIpc) is 3.30. The second-order valence-electron chi connectivity index (χ2n) is 10.00. The zero-order valence-electron chi connectivity index (χ0n) is 19.9. The molecule has 3 aliphatic heterocycles. The average molecular weight is 461 g/mol. The molecule has 34 heavy (non-hydrogen) atoms. The molecule has 3 aliphatic rings. The molecule has 0 bridgehead atoms. The van der Waals surface area contributed by atoms with Crippen LogP contribution in [0.1, 0.15) is 37.9 Å². The minimum atomic E-state index is -0.785. The van der Waals surface area contributed by atoms with E-state index in [4.69, 9.17) is 9.47 Å². The van der Waals surface area contributed by atoms with Crippen LogP contribution in [0.2, 0.25) is 0 Å². The van der Waals surface area contributed by atoms with Gasteiger partial charge in [0.1, 0.15) is 17.5 Å². The fraction of sp³-hybridized carbons (Fsp3) is 0.370. The number of carbonyl (C=O) groups is 3. The number of benzene rings is 2. The van der Waals surface area contributed by atoms with Crippen LogP contribution in [0.4, 0.5) is 5.69 Å². The van der Waals surface area contributed by atoms with Gasteiger partial charge < -0.3 is 14.4 Å². The molecule has 7 nitrogen and oxygen atoms in total. The molecule has 2 saturated heterocycles. The first-order valence-electron chi connectivity index (χ1n) is 11.4. The predicted molar refractivity (Wildman–Crippen MR) is 127 cm³/mol. The Morgan fingerprint density at radius 2 is 1.65 bits per heavy atom. The highest BCUT2D eigenvalue weighted by atomic mass is 16.5. The summed E-state index contributed by atoms with van der Waals surface area (Å²) in [7, 11) is 3.02. The number of rotatable bonds is 4. The van der Waals surface area contributed by atoms with Crippen molar-refractivity contribution in [3.05, 3.63) is 59.8 Å². The second kappa shape index (κ2) is 7.72. The fourth-order valence-electron chi connectivity index (χ4n) is 5.51. The van der Waals surface area contributed by atoms with Gasteiger partial charge in [0.05, 0.1) is 37.8 Å². The summed E-state index contributed by atoms with van der Waals surface area (Å²) in [5.74, 6) is -1.30. The minimum Gasteiger partial charge on any atom is -0.497 e. The molecule has 4 atom stereocenters. The quantitative estimate of drug-likeness (QED) is 0.646. The van der Waals surface area contributed by atoms with Crippen molar-refractivity contribution in [2.45, 2.75) is 32.9 Å². The molecule has 0 saturated carbocycles. The number of hydrogen-bond acceptors (Lipinski definition) is 6. The fourth-order valence-corrected chi connectivity index (χ4v) is 5.51. The molecule has 3 heterocycles. The molecule has 7 heteroatoms. The van der Waals surface area contributed by atoms with Crippen molar-refractivity contribution in [3.8, 4) is 11.5 Å². The Bertz CT molecular complexity index is 1230. The molecule has 0 aliphatic carbocycles. The van der Waals surface area contributed by atoms with Crippen LogP contribution in [-0.2, 0) is 14.4 Å². The van der Waals surface area contributed by atoms with Gasteiger partial charge in [0.15, 0.2) is 5.78 Å². The predicted octanol–water partition coefficient (Wildman–Crippen LogP) is 3.83. The number of methoxy groups -OCH3 is 2. The van der Waals surface area contributed by atoms with Gasteiger partial charge in [0.2, 0.25) is 11.8 Å². The van der Waals surface area contributed by atoms with Gasteiger partial charge in [-0.2, -0.15) is 0 Å². The normalized spacial score (nSPS) is 25.2. The Balaban J connectivity index is 1.66. The van der Waals surface area contributed by atoms with Gasteiger partial charge in [-0.1, -0.05) is 45.0 Å². The largest absolute Gasteiger partial charge is 0.497 e. The maximum Gasteiger partial charge on any atom is 0.240 e. The van der Waals surface area contributed by atoms with E-state index in [1.54, 1.807) is 18.2 Å². The van der Waals surface area contributed by atoms with Crippen molar-refractivity contribution in [3.63, 3.8) is 0 Å². The van der Waals surface area contributed by atoms with Crippen molar-refractivity contribution in [1.29, 1.82) is 0 Å². The maximum absolute atomic E-state index is 14.0. The van der Waals surface area contributed by atoms with Crippen LogP contribution in [-0.4, -0.2) is 42.8 Å². The summed E-state index contributed by atoms with van der Waals surface area (Å²) < 4.78 is 10.8. The molecule has 2 aromatic rings. The highest BCUT2D eigenvalue weighted by Gasteiger charge is 2.65. The molecule has 5 rings (SSSR count). The summed E-state index contributed by atoms with van der Waals surface area (Å²) in [5.41, 5.74) is 1.63. The van der Waals surface area contributed by atoms with E-state index >= 15 is 0 Å². The SMILES string of the molecule is COc1ccc(N2C(=O)[C@@H]3[C@H](C2=O)[C@@H]2c4ccccc4C=CN2[C@@H]3C(=O)C(C)(C)C)c(OC)c1. The second-order valence-corrected chi connectivity index (χ2v) is 10.00. The third-order valence-corrected chi connectivity index (χ3v) is 7.10. The van der Waals surface area contributed by atoms with Gasteiger partial charge >= 0.3 is 0 Å². The van der Waals surface area contributed by atoms with Crippen LogP contribution >= 0.6 is 0 Å². The number of nitrogens with zero attached hydrogens (tertiary/aromatic N) is 2. The van der Waals surface area contributed by atoms with Gasteiger partial charge in [-0.25, -0.2) is 4.90 Å². The molecule has 0 radical (unpaired) electrons. The summed E-state index contributed by atoms with van der Waals surface area (Å²) >= 11 is 0. The third kappa shape index (κ3) is 3.06.